The number of allylic oxidation sites excluding steroid dienone is 1. The van der Waals surface area contributed by atoms with Crippen LogP contribution in [0.2, 0.25) is 0 Å². The molecule has 0 aliphatic heterocycles. The van der Waals surface area contributed by atoms with Crippen molar-refractivity contribution in [1.29, 1.82) is 0 Å². The molecule has 0 radical (unpaired) electrons. The van der Waals surface area contributed by atoms with Gasteiger partial charge in [-0.25, -0.2) is 4.39 Å². The molecule has 0 saturated heterocycles. The van der Waals surface area contributed by atoms with Gasteiger partial charge in [-0.05, 0) is 79.3 Å². The number of hydrogen-bond donors (Lipinski definition) is 0. The second-order valence-electron chi connectivity index (χ2n) is 8.31. The third-order valence-corrected chi connectivity index (χ3v) is 6.03. The maximum Gasteiger partial charge on any atom is 0.139 e. The van der Waals surface area contributed by atoms with Gasteiger partial charge in [0.05, 0.1) is 5.56 Å². The van der Waals surface area contributed by atoms with Gasteiger partial charge in [-0.1, -0.05) is 75.3 Å². The number of hydrogen-bond acceptors (Lipinski definition) is 0. The van der Waals surface area contributed by atoms with E-state index in [1.807, 2.05) is 12.1 Å². The standard InChI is InChI=1S/C28H33F/c1-3-5-6-8-24-14-20-27(28(29)21-24)19-13-23-11-17-26(18-12-23)25-15-9-22(7-4-2)10-16-25/h6,8,11-12,14,17-18,20-22,25H,3-5,7,9-10,15-16H2,1-2H3. The molecule has 1 aliphatic carbocycles. The first kappa shape index (κ1) is 21.4. The Labute approximate surface area is 176 Å². The van der Waals surface area contributed by atoms with Crippen molar-refractivity contribution in [2.75, 3.05) is 0 Å². The van der Waals surface area contributed by atoms with Gasteiger partial charge < -0.3 is 0 Å². The van der Waals surface area contributed by atoms with Gasteiger partial charge >= 0.3 is 0 Å². The molecule has 2 aromatic rings. The summed E-state index contributed by atoms with van der Waals surface area (Å²) in [5.41, 5.74) is 3.72. The van der Waals surface area contributed by atoms with Crippen molar-refractivity contribution in [3.63, 3.8) is 0 Å². The molecule has 0 N–H and O–H groups in total. The average molecular weight is 389 g/mol. The van der Waals surface area contributed by atoms with E-state index in [9.17, 15) is 4.39 Å². The molecule has 0 bridgehead atoms. The number of unbranched alkanes of at least 4 members (excludes halogenated alkanes) is 1. The Morgan fingerprint density at radius 2 is 1.69 bits per heavy atom. The highest BCUT2D eigenvalue weighted by Gasteiger charge is 2.21. The highest BCUT2D eigenvalue weighted by molar-refractivity contribution is 5.53. The number of benzene rings is 2. The van der Waals surface area contributed by atoms with Crippen LogP contribution in [0.4, 0.5) is 4.39 Å². The first-order valence-corrected chi connectivity index (χ1v) is 11.3. The van der Waals surface area contributed by atoms with Crippen molar-refractivity contribution < 1.29 is 4.39 Å². The first-order valence-electron chi connectivity index (χ1n) is 11.3. The van der Waals surface area contributed by atoms with Crippen LogP contribution in [-0.4, -0.2) is 0 Å². The molecule has 2 aromatic carbocycles. The van der Waals surface area contributed by atoms with E-state index in [0.717, 1.165) is 29.9 Å². The minimum absolute atomic E-state index is 0.253. The molecule has 0 amide bonds. The first-order chi connectivity index (χ1) is 14.2. The van der Waals surface area contributed by atoms with E-state index in [-0.39, 0.29) is 5.82 Å². The van der Waals surface area contributed by atoms with Gasteiger partial charge in [0.1, 0.15) is 5.82 Å². The van der Waals surface area contributed by atoms with E-state index in [1.165, 1.54) is 44.1 Å². The molecule has 0 aromatic heterocycles. The van der Waals surface area contributed by atoms with Gasteiger partial charge in [-0.15, -0.1) is 0 Å². The Bertz CT molecular complexity index is 855. The van der Waals surface area contributed by atoms with Crippen molar-refractivity contribution >= 4 is 6.08 Å². The minimum atomic E-state index is -0.253. The van der Waals surface area contributed by atoms with E-state index in [1.54, 1.807) is 12.1 Å². The number of rotatable bonds is 6. The van der Waals surface area contributed by atoms with Gasteiger partial charge in [-0.3, -0.25) is 0 Å². The zero-order valence-corrected chi connectivity index (χ0v) is 17.9. The van der Waals surface area contributed by atoms with Crippen molar-refractivity contribution in [2.24, 2.45) is 5.92 Å². The highest BCUT2D eigenvalue weighted by Crippen LogP contribution is 2.37. The third-order valence-electron chi connectivity index (χ3n) is 6.03. The average Bonchev–Trinajstić information content (AvgIpc) is 2.75. The molecule has 0 spiro atoms. The maximum atomic E-state index is 14.3. The summed E-state index contributed by atoms with van der Waals surface area (Å²) >= 11 is 0. The molecule has 1 aliphatic rings. The van der Waals surface area contributed by atoms with Gasteiger partial charge in [0, 0.05) is 5.56 Å². The van der Waals surface area contributed by atoms with Crippen LogP contribution in [0.5, 0.6) is 0 Å². The lowest BCUT2D eigenvalue weighted by Crippen LogP contribution is -2.13. The summed E-state index contributed by atoms with van der Waals surface area (Å²) in [6, 6.07) is 13.9. The van der Waals surface area contributed by atoms with Crippen molar-refractivity contribution in [3.8, 4) is 11.8 Å². The summed E-state index contributed by atoms with van der Waals surface area (Å²) in [5, 5.41) is 0. The normalized spacial score (nSPS) is 19.1. The Balaban J connectivity index is 1.61. The van der Waals surface area contributed by atoms with E-state index in [0.29, 0.717) is 11.5 Å². The second kappa shape index (κ2) is 11.0. The molecule has 1 heteroatoms. The van der Waals surface area contributed by atoms with Gasteiger partial charge in [-0.2, -0.15) is 0 Å². The lowest BCUT2D eigenvalue weighted by Gasteiger charge is -2.28. The largest absolute Gasteiger partial charge is 0.206 e. The predicted octanol–water partition coefficient (Wildman–Crippen LogP) is 8.11. The van der Waals surface area contributed by atoms with Crippen molar-refractivity contribution in [3.05, 3.63) is 76.6 Å². The summed E-state index contributed by atoms with van der Waals surface area (Å²) in [7, 11) is 0. The van der Waals surface area contributed by atoms with E-state index in [4.69, 9.17) is 0 Å². The monoisotopic (exact) mass is 388 g/mol. The molecule has 0 heterocycles. The van der Waals surface area contributed by atoms with Crippen LogP contribution in [0, 0.1) is 23.6 Å². The molecule has 0 atom stereocenters. The molecule has 29 heavy (non-hydrogen) atoms. The fourth-order valence-electron chi connectivity index (χ4n) is 4.29. The molecule has 0 nitrogen and oxygen atoms in total. The molecule has 0 unspecified atom stereocenters. The summed E-state index contributed by atoms with van der Waals surface area (Å²) in [6.45, 7) is 4.42. The molecular weight excluding hydrogens is 355 g/mol. The van der Waals surface area contributed by atoms with Gasteiger partial charge in [0.2, 0.25) is 0 Å². The predicted molar refractivity (Wildman–Crippen MR) is 122 cm³/mol. The van der Waals surface area contributed by atoms with Crippen LogP contribution in [-0.2, 0) is 0 Å². The lowest BCUT2D eigenvalue weighted by atomic mass is 9.77. The Kier molecular flexibility index (Phi) is 8.12. The highest BCUT2D eigenvalue weighted by atomic mass is 19.1. The summed E-state index contributed by atoms with van der Waals surface area (Å²) < 4.78 is 14.3. The topological polar surface area (TPSA) is 0 Å². The van der Waals surface area contributed by atoms with Crippen LogP contribution in [0.1, 0.15) is 93.4 Å². The molecule has 1 fully saturated rings. The molecule has 152 valence electrons. The zero-order chi connectivity index (χ0) is 20.5. The van der Waals surface area contributed by atoms with E-state index in [2.05, 4.69) is 56.0 Å². The van der Waals surface area contributed by atoms with Crippen LogP contribution in [0.25, 0.3) is 6.08 Å². The molecular formula is C28H33F. The van der Waals surface area contributed by atoms with Crippen LogP contribution in [0.3, 0.4) is 0 Å². The third kappa shape index (κ3) is 6.33. The number of halogens is 1. The van der Waals surface area contributed by atoms with Gasteiger partial charge in [0.25, 0.3) is 0 Å². The summed E-state index contributed by atoms with van der Waals surface area (Å²) in [6.07, 6.45) is 14.2. The Hall–Kier alpha value is -2.33. The maximum absolute atomic E-state index is 14.3. The fourth-order valence-corrected chi connectivity index (χ4v) is 4.29. The Morgan fingerprint density at radius 3 is 2.34 bits per heavy atom. The Morgan fingerprint density at radius 1 is 0.931 bits per heavy atom. The van der Waals surface area contributed by atoms with E-state index < -0.39 is 0 Å². The van der Waals surface area contributed by atoms with Crippen molar-refractivity contribution in [2.45, 2.75) is 71.1 Å². The lowest BCUT2D eigenvalue weighted by molar-refractivity contribution is 0.308. The molecule has 1 saturated carbocycles. The molecule has 3 rings (SSSR count). The SMILES string of the molecule is CCCC=Cc1ccc(C#Cc2ccc(C3CCC(CCC)CC3)cc2)c(F)c1. The summed E-state index contributed by atoms with van der Waals surface area (Å²) in [4.78, 5) is 0. The van der Waals surface area contributed by atoms with Crippen LogP contribution >= 0.6 is 0 Å². The zero-order valence-electron chi connectivity index (χ0n) is 17.9. The van der Waals surface area contributed by atoms with Gasteiger partial charge in [0.15, 0.2) is 0 Å². The van der Waals surface area contributed by atoms with Crippen LogP contribution < -0.4 is 0 Å². The quantitative estimate of drug-likeness (QED) is 0.438. The summed E-state index contributed by atoms with van der Waals surface area (Å²) in [5.74, 6) is 7.49. The minimum Gasteiger partial charge on any atom is -0.206 e. The smallest absolute Gasteiger partial charge is 0.139 e. The fraction of sp³-hybridized carbons (Fsp3) is 0.429. The van der Waals surface area contributed by atoms with Crippen molar-refractivity contribution in [1.82, 2.24) is 0 Å². The van der Waals surface area contributed by atoms with Crippen LogP contribution in [0.15, 0.2) is 48.5 Å². The van der Waals surface area contributed by atoms with E-state index >= 15 is 0 Å². The second-order valence-corrected chi connectivity index (χ2v) is 8.31.